The van der Waals surface area contributed by atoms with Crippen LogP contribution in [0.4, 0.5) is 0 Å². The fraction of sp³-hybridized carbons (Fsp3) is 0.308. The zero-order valence-electron chi connectivity index (χ0n) is 9.72. The van der Waals surface area contributed by atoms with E-state index < -0.39 is 0 Å². The largest absolute Gasteiger partial charge is 0.497 e. The van der Waals surface area contributed by atoms with E-state index in [0.717, 1.165) is 35.6 Å². The molecule has 0 fully saturated rings. The van der Waals surface area contributed by atoms with Crippen molar-refractivity contribution in [3.8, 4) is 17.0 Å². The van der Waals surface area contributed by atoms with Crippen LogP contribution in [0.3, 0.4) is 0 Å². The third-order valence-electron chi connectivity index (χ3n) is 2.49. The number of hydrogen-bond donors (Lipinski definition) is 1. The normalized spacial score (nSPS) is 10.5. The molecule has 0 aliphatic carbocycles. The van der Waals surface area contributed by atoms with Gasteiger partial charge >= 0.3 is 0 Å². The van der Waals surface area contributed by atoms with Crippen LogP contribution in [0.25, 0.3) is 11.3 Å². The minimum atomic E-state index is 0.874. The Hall–Kier alpha value is -1.00. The summed E-state index contributed by atoms with van der Waals surface area (Å²) in [6.45, 7) is 0. The summed E-state index contributed by atoms with van der Waals surface area (Å²) in [5, 5.41) is 3.29. The van der Waals surface area contributed by atoms with E-state index in [0.29, 0.717) is 0 Å². The van der Waals surface area contributed by atoms with Crippen molar-refractivity contribution in [2.45, 2.75) is 12.8 Å². The van der Waals surface area contributed by atoms with Gasteiger partial charge in [-0.3, -0.25) is 0 Å². The number of thiazole rings is 1. The highest BCUT2D eigenvalue weighted by Gasteiger charge is 2.04. The third-order valence-corrected chi connectivity index (χ3v) is 3.71. The van der Waals surface area contributed by atoms with Crippen molar-refractivity contribution in [2.24, 2.45) is 0 Å². The Morgan fingerprint density at radius 2 is 2.06 bits per heavy atom. The standard InChI is InChI=1S/C13H15NOS2/c1-15-11-6-4-10(5-7-11)12-9-17-13(14-12)3-2-8-16/h4-7,9,16H,2-3,8H2,1H3. The lowest BCUT2D eigenvalue weighted by Gasteiger charge is -2.00. The predicted molar refractivity (Wildman–Crippen MR) is 76.3 cm³/mol. The van der Waals surface area contributed by atoms with E-state index in [1.807, 2.05) is 24.3 Å². The number of hydrogen-bond acceptors (Lipinski definition) is 4. The molecule has 1 aromatic carbocycles. The number of aryl methyl sites for hydroxylation is 1. The van der Waals surface area contributed by atoms with Crippen LogP contribution >= 0.6 is 24.0 Å². The predicted octanol–water partition coefficient (Wildman–Crippen LogP) is 3.68. The molecule has 0 aliphatic rings. The fourth-order valence-electron chi connectivity index (χ4n) is 1.55. The van der Waals surface area contributed by atoms with E-state index in [9.17, 15) is 0 Å². The van der Waals surface area contributed by atoms with E-state index in [1.165, 1.54) is 5.01 Å². The molecule has 1 aromatic heterocycles. The van der Waals surface area contributed by atoms with Gasteiger partial charge in [0, 0.05) is 17.4 Å². The van der Waals surface area contributed by atoms with Crippen molar-refractivity contribution in [3.05, 3.63) is 34.7 Å². The van der Waals surface area contributed by atoms with Gasteiger partial charge in [0.15, 0.2) is 0 Å². The molecular weight excluding hydrogens is 250 g/mol. The topological polar surface area (TPSA) is 22.1 Å². The summed E-state index contributed by atoms with van der Waals surface area (Å²) < 4.78 is 5.14. The van der Waals surface area contributed by atoms with Crippen LogP contribution in [0, 0.1) is 0 Å². The highest BCUT2D eigenvalue weighted by Crippen LogP contribution is 2.24. The Bertz CT molecular complexity index is 465. The maximum atomic E-state index is 5.14. The number of aromatic nitrogens is 1. The number of methoxy groups -OCH3 is 1. The van der Waals surface area contributed by atoms with Gasteiger partial charge in [-0.1, -0.05) is 0 Å². The quantitative estimate of drug-likeness (QED) is 0.833. The SMILES string of the molecule is COc1ccc(-c2csc(CCCS)n2)cc1. The van der Waals surface area contributed by atoms with Gasteiger partial charge in [0.25, 0.3) is 0 Å². The van der Waals surface area contributed by atoms with Crippen molar-refractivity contribution in [2.75, 3.05) is 12.9 Å². The first-order valence-corrected chi connectivity index (χ1v) is 7.04. The summed E-state index contributed by atoms with van der Waals surface area (Å²) in [5.74, 6) is 1.79. The first-order valence-electron chi connectivity index (χ1n) is 5.53. The molecule has 0 spiro atoms. The molecule has 0 N–H and O–H groups in total. The minimum Gasteiger partial charge on any atom is -0.497 e. The van der Waals surface area contributed by atoms with E-state index >= 15 is 0 Å². The lowest BCUT2D eigenvalue weighted by molar-refractivity contribution is 0.415. The summed E-state index contributed by atoms with van der Waals surface area (Å²) in [7, 11) is 1.67. The maximum Gasteiger partial charge on any atom is 0.118 e. The highest BCUT2D eigenvalue weighted by molar-refractivity contribution is 7.80. The van der Waals surface area contributed by atoms with Crippen LogP contribution in [0.5, 0.6) is 5.75 Å². The van der Waals surface area contributed by atoms with Gasteiger partial charge in [-0.15, -0.1) is 11.3 Å². The Morgan fingerprint density at radius 1 is 1.29 bits per heavy atom. The summed E-state index contributed by atoms with van der Waals surface area (Å²) >= 11 is 5.93. The number of benzene rings is 1. The number of nitrogens with zero attached hydrogens (tertiary/aromatic N) is 1. The lowest BCUT2D eigenvalue weighted by atomic mass is 10.2. The number of thiol groups is 1. The van der Waals surface area contributed by atoms with Crippen LogP contribution in [-0.4, -0.2) is 17.8 Å². The van der Waals surface area contributed by atoms with Crippen LogP contribution < -0.4 is 4.74 Å². The zero-order chi connectivity index (χ0) is 12.1. The Balaban J connectivity index is 2.12. The van der Waals surface area contributed by atoms with Gasteiger partial charge in [-0.05, 0) is 36.4 Å². The molecule has 90 valence electrons. The van der Waals surface area contributed by atoms with Gasteiger partial charge in [-0.25, -0.2) is 4.98 Å². The molecule has 0 saturated heterocycles. The van der Waals surface area contributed by atoms with Crippen LogP contribution in [0.1, 0.15) is 11.4 Å². The van der Waals surface area contributed by atoms with Crippen LogP contribution in [0.15, 0.2) is 29.6 Å². The molecule has 0 aliphatic heterocycles. The number of ether oxygens (including phenoxy) is 1. The highest BCUT2D eigenvalue weighted by atomic mass is 32.1. The Labute approximate surface area is 111 Å². The summed E-state index contributed by atoms with van der Waals surface area (Å²) in [4.78, 5) is 4.62. The van der Waals surface area contributed by atoms with Gasteiger partial charge in [-0.2, -0.15) is 12.6 Å². The third kappa shape index (κ3) is 3.23. The summed E-state index contributed by atoms with van der Waals surface area (Å²) in [6.07, 6.45) is 2.10. The first-order chi connectivity index (χ1) is 8.33. The molecule has 0 amide bonds. The van der Waals surface area contributed by atoms with Crippen molar-refractivity contribution in [3.63, 3.8) is 0 Å². The van der Waals surface area contributed by atoms with Crippen molar-refractivity contribution >= 4 is 24.0 Å². The smallest absolute Gasteiger partial charge is 0.118 e. The second-order valence-corrected chi connectivity index (χ2v) is 5.07. The van der Waals surface area contributed by atoms with Gasteiger partial charge < -0.3 is 4.74 Å². The molecule has 17 heavy (non-hydrogen) atoms. The molecule has 1 heterocycles. The Morgan fingerprint density at radius 3 is 2.71 bits per heavy atom. The second-order valence-electron chi connectivity index (χ2n) is 3.68. The van der Waals surface area contributed by atoms with Crippen LogP contribution in [-0.2, 0) is 6.42 Å². The van der Waals surface area contributed by atoms with Crippen molar-refractivity contribution < 1.29 is 4.74 Å². The molecule has 2 rings (SSSR count). The molecule has 2 aromatic rings. The second kappa shape index (κ2) is 6.07. The summed E-state index contributed by atoms with van der Waals surface area (Å²) in [6, 6.07) is 8.00. The van der Waals surface area contributed by atoms with E-state index in [1.54, 1.807) is 18.4 Å². The molecule has 4 heteroatoms. The van der Waals surface area contributed by atoms with Gasteiger partial charge in [0.05, 0.1) is 17.8 Å². The van der Waals surface area contributed by atoms with Crippen LogP contribution in [0.2, 0.25) is 0 Å². The fourth-order valence-corrected chi connectivity index (χ4v) is 2.56. The molecule has 0 bridgehead atoms. The maximum absolute atomic E-state index is 5.14. The lowest BCUT2D eigenvalue weighted by Crippen LogP contribution is -1.86. The Kier molecular flexibility index (Phi) is 4.45. The molecule has 0 radical (unpaired) electrons. The average molecular weight is 265 g/mol. The zero-order valence-corrected chi connectivity index (χ0v) is 11.4. The first kappa shape index (κ1) is 12.5. The van der Waals surface area contributed by atoms with Gasteiger partial charge in [0.1, 0.15) is 5.75 Å². The van der Waals surface area contributed by atoms with E-state index in [4.69, 9.17) is 4.74 Å². The van der Waals surface area contributed by atoms with E-state index in [-0.39, 0.29) is 0 Å². The molecular formula is C13H15NOS2. The molecule has 0 unspecified atom stereocenters. The number of rotatable bonds is 5. The molecule has 0 atom stereocenters. The minimum absolute atomic E-state index is 0.874. The van der Waals surface area contributed by atoms with E-state index in [2.05, 4.69) is 23.0 Å². The molecule has 0 saturated carbocycles. The summed E-state index contributed by atoms with van der Waals surface area (Å²) in [5.41, 5.74) is 2.19. The molecule has 2 nitrogen and oxygen atoms in total. The monoisotopic (exact) mass is 265 g/mol. The van der Waals surface area contributed by atoms with Gasteiger partial charge in [0.2, 0.25) is 0 Å². The van der Waals surface area contributed by atoms with Crippen molar-refractivity contribution in [1.29, 1.82) is 0 Å². The van der Waals surface area contributed by atoms with Crippen molar-refractivity contribution in [1.82, 2.24) is 4.98 Å². The average Bonchev–Trinajstić information content (AvgIpc) is 2.85.